The molecule has 1 aliphatic carbocycles. The van der Waals surface area contributed by atoms with Crippen LogP contribution >= 0.6 is 0 Å². The van der Waals surface area contributed by atoms with Gasteiger partial charge in [-0.25, -0.2) is 0 Å². The molecule has 0 aliphatic heterocycles. The Morgan fingerprint density at radius 1 is 1.06 bits per heavy atom. The lowest BCUT2D eigenvalue weighted by Gasteiger charge is -2.41. The largest absolute Gasteiger partial charge is 0.196 e. The lowest BCUT2D eigenvalue weighted by atomic mass is 9.61. The second kappa shape index (κ2) is 9.63. The summed E-state index contributed by atoms with van der Waals surface area (Å²) in [7, 11) is 0. The highest BCUT2D eigenvalue weighted by Crippen LogP contribution is 2.50. The third-order valence-corrected chi connectivity index (χ3v) is 6.28. The Bertz CT molecular complexity index is 1020. The molecule has 0 fully saturated rings. The summed E-state index contributed by atoms with van der Waals surface area (Å²) in [5.41, 5.74) is 2.06. The summed E-state index contributed by atoms with van der Waals surface area (Å²) < 4.78 is 0. The quantitative estimate of drug-likeness (QED) is 0.448. The van der Waals surface area contributed by atoms with Crippen LogP contribution in [0.25, 0.3) is 6.08 Å². The van der Waals surface area contributed by atoms with Crippen molar-refractivity contribution in [3.05, 3.63) is 102 Å². The molecule has 31 heavy (non-hydrogen) atoms. The maximum absolute atomic E-state index is 10.1. The molecule has 3 rings (SSSR count). The van der Waals surface area contributed by atoms with E-state index in [1.165, 1.54) is 5.56 Å². The van der Waals surface area contributed by atoms with E-state index < -0.39 is 5.41 Å². The minimum absolute atomic E-state index is 0.0453. The fraction of sp³-hybridized carbons (Fsp3) is 0.310. The van der Waals surface area contributed by atoms with Gasteiger partial charge in [-0.05, 0) is 40.9 Å². The van der Waals surface area contributed by atoms with Gasteiger partial charge in [0.05, 0.1) is 12.1 Å². The average molecular weight is 407 g/mol. The van der Waals surface area contributed by atoms with Crippen LogP contribution in [0.2, 0.25) is 0 Å². The average Bonchev–Trinajstić information content (AvgIpc) is 2.79. The number of nitrogens with zero attached hydrogens (tertiary/aromatic N) is 2. The van der Waals surface area contributed by atoms with Crippen LogP contribution in [0.1, 0.15) is 50.2 Å². The molecule has 1 aliphatic rings. The molecule has 2 aromatic carbocycles. The normalized spacial score (nSPS) is 19.1. The van der Waals surface area contributed by atoms with E-state index >= 15 is 0 Å². The highest BCUT2D eigenvalue weighted by molar-refractivity contribution is 5.52. The summed E-state index contributed by atoms with van der Waals surface area (Å²) in [4.78, 5) is 0. The Morgan fingerprint density at radius 2 is 1.68 bits per heavy atom. The van der Waals surface area contributed by atoms with Crippen molar-refractivity contribution in [2.24, 2.45) is 16.7 Å². The van der Waals surface area contributed by atoms with E-state index in [4.69, 9.17) is 0 Å². The lowest BCUT2D eigenvalue weighted by molar-refractivity contribution is 0.306. The van der Waals surface area contributed by atoms with Gasteiger partial charge in [-0.15, -0.1) is 6.58 Å². The first-order valence-corrected chi connectivity index (χ1v) is 10.9. The van der Waals surface area contributed by atoms with Crippen molar-refractivity contribution in [2.75, 3.05) is 0 Å². The van der Waals surface area contributed by atoms with Crippen LogP contribution in [0.15, 0.2) is 91.0 Å². The molecule has 0 aromatic heterocycles. The van der Waals surface area contributed by atoms with Gasteiger partial charge in [-0.1, -0.05) is 98.8 Å². The Morgan fingerprint density at radius 3 is 2.26 bits per heavy atom. The standard InChI is InChI=1S/C29H30N2/c1-4-18-29(21-30,22-31)27-20-28(2,3)19-17-26(27)25(24-13-9-6-10-14-24)16-15-23-11-7-5-8-12-23/h4-16,20,25-26H,1,17-19H2,2-3H3/b16-15+. The molecule has 2 atom stereocenters. The second-order valence-corrected chi connectivity index (χ2v) is 9.06. The topological polar surface area (TPSA) is 47.6 Å². The maximum Gasteiger partial charge on any atom is 0.168 e. The Kier molecular flexibility index (Phi) is 6.94. The highest BCUT2D eigenvalue weighted by atomic mass is 14.5. The van der Waals surface area contributed by atoms with Gasteiger partial charge in [0.25, 0.3) is 0 Å². The van der Waals surface area contributed by atoms with Crippen molar-refractivity contribution in [1.82, 2.24) is 0 Å². The van der Waals surface area contributed by atoms with Crippen molar-refractivity contribution < 1.29 is 0 Å². The molecule has 0 bridgehead atoms. The van der Waals surface area contributed by atoms with Gasteiger partial charge in [-0.3, -0.25) is 0 Å². The van der Waals surface area contributed by atoms with Gasteiger partial charge in [0.1, 0.15) is 0 Å². The van der Waals surface area contributed by atoms with Gasteiger partial charge in [-0.2, -0.15) is 10.5 Å². The molecular weight excluding hydrogens is 376 g/mol. The monoisotopic (exact) mass is 406 g/mol. The number of hydrogen-bond acceptors (Lipinski definition) is 2. The molecule has 0 heterocycles. The van der Waals surface area contributed by atoms with Gasteiger partial charge >= 0.3 is 0 Å². The van der Waals surface area contributed by atoms with E-state index in [9.17, 15) is 10.5 Å². The van der Waals surface area contributed by atoms with Crippen molar-refractivity contribution in [3.63, 3.8) is 0 Å². The number of rotatable bonds is 7. The summed E-state index contributed by atoms with van der Waals surface area (Å²) >= 11 is 0. The fourth-order valence-corrected chi connectivity index (χ4v) is 4.61. The van der Waals surface area contributed by atoms with Crippen molar-refractivity contribution >= 4 is 6.08 Å². The van der Waals surface area contributed by atoms with E-state index in [-0.39, 0.29) is 17.3 Å². The number of nitriles is 2. The van der Waals surface area contributed by atoms with Gasteiger partial charge in [0.15, 0.2) is 5.41 Å². The predicted molar refractivity (Wildman–Crippen MR) is 128 cm³/mol. The zero-order chi connectivity index (χ0) is 22.3. The summed E-state index contributed by atoms with van der Waals surface area (Å²) in [6.45, 7) is 8.21. The molecule has 2 aromatic rings. The lowest BCUT2D eigenvalue weighted by Crippen LogP contribution is -2.33. The zero-order valence-electron chi connectivity index (χ0n) is 18.5. The Hall–Kier alpha value is -3.36. The molecule has 156 valence electrons. The smallest absolute Gasteiger partial charge is 0.168 e. The van der Waals surface area contributed by atoms with Crippen LogP contribution < -0.4 is 0 Å². The highest BCUT2D eigenvalue weighted by Gasteiger charge is 2.44. The number of allylic oxidation sites excluding steroid dienone is 4. The summed E-state index contributed by atoms with van der Waals surface area (Å²) in [6, 6.07) is 25.4. The van der Waals surface area contributed by atoms with Crippen LogP contribution in [0.5, 0.6) is 0 Å². The molecule has 2 nitrogen and oxygen atoms in total. The molecule has 0 radical (unpaired) electrons. The summed E-state index contributed by atoms with van der Waals surface area (Å²) in [5.74, 6) is 0.157. The third kappa shape index (κ3) is 5.04. The van der Waals surface area contributed by atoms with Gasteiger partial charge < -0.3 is 0 Å². The van der Waals surface area contributed by atoms with E-state index in [0.29, 0.717) is 6.42 Å². The minimum atomic E-state index is -1.18. The first-order valence-electron chi connectivity index (χ1n) is 10.9. The molecule has 0 saturated carbocycles. The van der Waals surface area contributed by atoms with Crippen molar-refractivity contribution in [3.8, 4) is 12.1 Å². The van der Waals surface area contributed by atoms with E-state index in [1.807, 2.05) is 24.3 Å². The van der Waals surface area contributed by atoms with E-state index in [0.717, 1.165) is 24.0 Å². The molecule has 0 N–H and O–H groups in total. The first-order chi connectivity index (χ1) is 14.9. The fourth-order valence-electron chi connectivity index (χ4n) is 4.61. The Labute approximate surface area is 186 Å². The summed E-state index contributed by atoms with van der Waals surface area (Å²) in [6.07, 6.45) is 10.6. The minimum Gasteiger partial charge on any atom is -0.196 e. The predicted octanol–water partition coefficient (Wildman–Crippen LogP) is 7.46. The number of hydrogen-bond donors (Lipinski definition) is 0. The van der Waals surface area contributed by atoms with Crippen LogP contribution in [0, 0.1) is 39.4 Å². The first kappa shape index (κ1) is 22.3. The summed E-state index contributed by atoms with van der Waals surface area (Å²) in [5, 5.41) is 20.3. The molecule has 0 saturated heterocycles. The SMILES string of the molecule is C=CCC(C#N)(C#N)C1=CC(C)(C)CCC1C(/C=C/c1ccccc1)c1ccccc1. The Balaban J connectivity index is 2.14. The third-order valence-electron chi connectivity index (χ3n) is 6.28. The van der Waals surface area contributed by atoms with Crippen LogP contribution in [0.3, 0.4) is 0 Å². The second-order valence-electron chi connectivity index (χ2n) is 9.06. The van der Waals surface area contributed by atoms with Crippen LogP contribution in [-0.2, 0) is 0 Å². The molecule has 2 unspecified atom stereocenters. The van der Waals surface area contributed by atoms with Crippen LogP contribution in [0.4, 0.5) is 0 Å². The van der Waals surface area contributed by atoms with Gasteiger partial charge in [0, 0.05) is 12.3 Å². The van der Waals surface area contributed by atoms with Gasteiger partial charge in [0.2, 0.25) is 0 Å². The van der Waals surface area contributed by atoms with Crippen molar-refractivity contribution in [2.45, 2.75) is 39.0 Å². The van der Waals surface area contributed by atoms with Crippen LogP contribution in [-0.4, -0.2) is 0 Å². The molecular formula is C29H30N2. The molecule has 0 amide bonds. The van der Waals surface area contributed by atoms with E-state index in [1.54, 1.807) is 6.08 Å². The molecule has 2 heteroatoms. The van der Waals surface area contributed by atoms with E-state index in [2.05, 4.69) is 87.2 Å². The number of benzene rings is 2. The zero-order valence-corrected chi connectivity index (χ0v) is 18.5. The molecule has 0 spiro atoms. The van der Waals surface area contributed by atoms with Crippen molar-refractivity contribution in [1.29, 1.82) is 10.5 Å². The maximum atomic E-state index is 10.1.